The first-order valence-corrected chi connectivity index (χ1v) is 7.47. The average molecular weight is 284 g/mol. The van der Waals surface area contributed by atoms with Crippen LogP contribution < -0.4 is 10.6 Å². The lowest BCUT2D eigenvalue weighted by Gasteiger charge is -2.21. The molecule has 4 nitrogen and oxygen atoms in total. The highest BCUT2D eigenvalue weighted by atomic mass is 32.1. The normalized spacial score (nSPS) is 13.1. The zero-order valence-electron chi connectivity index (χ0n) is 12.2. The summed E-state index contributed by atoms with van der Waals surface area (Å²) < 4.78 is 5.18. The molecule has 0 radical (unpaired) electrons. The number of thiophene rings is 1. The van der Waals surface area contributed by atoms with Gasteiger partial charge >= 0.3 is 6.09 Å². The SMILES string of the molecule is CC(CNC(=O)OC(C)(C)C)NCCc1cccs1. The molecule has 0 saturated carbocycles. The van der Waals surface area contributed by atoms with Crippen molar-refractivity contribution >= 4 is 17.4 Å². The van der Waals surface area contributed by atoms with E-state index in [2.05, 4.69) is 28.1 Å². The van der Waals surface area contributed by atoms with Crippen LogP contribution in [0.5, 0.6) is 0 Å². The number of ether oxygens (including phenoxy) is 1. The summed E-state index contributed by atoms with van der Waals surface area (Å²) in [5, 5.41) is 8.22. The van der Waals surface area contributed by atoms with E-state index >= 15 is 0 Å². The Balaban J connectivity index is 2.10. The van der Waals surface area contributed by atoms with Gasteiger partial charge in [0.1, 0.15) is 5.60 Å². The first-order valence-electron chi connectivity index (χ1n) is 6.59. The summed E-state index contributed by atoms with van der Waals surface area (Å²) in [6, 6.07) is 4.43. The van der Waals surface area contributed by atoms with Gasteiger partial charge in [-0.15, -0.1) is 11.3 Å². The third kappa shape index (κ3) is 7.85. The van der Waals surface area contributed by atoms with E-state index in [0.29, 0.717) is 6.54 Å². The van der Waals surface area contributed by atoms with Crippen LogP contribution in [-0.2, 0) is 11.2 Å². The molecule has 1 amide bonds. The monoisotopic (exact) mass is 284 g/mol. The van der Waals surface area contributed by atoms with Crippen LogP contribution in [-0.4, -0.2) is 30.8 Å². The summed E-state index contributed by atoms with van der Waals surface area (Å²) in [5.74, 6) is 0. The van der Waals surface area contributed by atoms with E-state index in [0.717, 1.165) is 13.0 Å². The predicted molar refractivity (Wildman–Crippen MR) is 79.7 cm³/mol. The van der Waals surface area contributed by atoms with Crippen LogP contribution in [0.3, 0.4) is 0 Å². The maximum Gasteiger partial charge on any atom is 0.407 e. The molecule has 0 aromatic carbocycles. The fourth-order valence-corrected chi connectivity index (χ4v) is 2.23. The second-order valence-electron chi connectivity index (χ2n) is 5.57. The molecule has 1 atom stereocenters. The smallest absolute Gasteiger partial charge is 0.407 e. The van der Waals surface area contributed by atoms with Crippen LogP contribution >= 0.6 is 11.3 Å². The van der Waals surface area contributed by atoms with Crippen molar-refractivity contribution < 1.29 is 9.53 Å². The third-order valence-electron chi connectivity index (χ3n) is 2.40. The van der Waals surface area contributed by atoms with Gasteiger partial charge in [0.15, 0.2) is 0 Å². The van der Waals surface area contributed by atoms with Crippen LogP contribution in [0.25, 0.3) is 0 Å². The molecule has 0 aliphatic rings. The van der Waals surface area contributed by atoms with Gasteiger partial charge in [-0.25, -0.2) is 4.79 Å². The van der Waals surface area contributed by atoms with Crippen molar-refractivity contribution in [2.75, 3.05) is 13.1 Å². The van der Waals surface area contributed by atoms with Gasteiger partial charge in [0, 0.05) is 24.0 Å². The number of carbonyl (C=O) groups excluding carboxylic acids is 1. The number of hydrogen-bond donors (Lipinski definition) is 2. The minimum atomic E-state index is -0.445. The van der Waals surface area contributed by atoms with Crippen molar-refractivity contribution in [2.24, 2.45) is 0 Å². The molecule has 1 rings (SSSR count). The van der Waals surface area contributed by atoms with Crippen molar-refractivity contribution in [2.45, 2.75) is 45.8 Å². The quantitative estimate of drug-likeness (QED) is 0.844. The number of amides is 1. The summed E-state index contributed by atoms with van der Waals surface area (Å²) in [7, 11) is 0. The third-order valence-corrected chi connectivity index (χ3v) is 3.33. The van der Waals surface area contributed by atoms with Crippen LogP contribution in [0, 0.1) is 0 Å². The van der Waals surface area contributed by atoms with Crippen molar-refractivity contribution in [3.63, 3.8) is 0 Å². The Morgan fingerprint density at radius 3 is 2.79 bits per heavy atom. The lowest BCUT2D eigenvalue weighted by atomic mass is 10.2. The number of hydrogen-bond acceptors (Lipinski definition) is 4. The second-order valence-corrected chi connectivity index (χ2v) is 6.60. The Morgan fingerprint density at radius 2 is 2.21 bits per heavy atom. The molecule has 2 N–H and O–H groups in total. The molecule has 1 unspecified atom stereocenters. The Kier molecular flexibility index (Phi) is 6.31. The zero-order chi connectivity index (χ0) is 14.3. The van der Waals surface area contributed by atoms with Gasteiger partial charge in [0.05, 0.1) is 0 Å². The number of alkyl carbamates (subject to hydrolysis) is 1. The molecule has 1 heterocycles. The van der Waals surface area contributed by atoms with Crippen LogP contribution in [0.1, 0.15) is 32.6 Å². The average Bonchev–Trinajstić information content (AvgIpc) is 2.77. The summed E-state index contributed by atoms with van der Waals surface area (Å²) >= 11 is 1.77. The van der Waals surface area contributed by atoms with E-state index in [9.17, 15) is 4.79 Å². The summed E-state index contributed by atoms with van der Waals surface area (Å²) in [5.41, 5.74) is -0.445. The first-order chi connectivity index (χ1) is 8.87. The predicted octanol–water partition coefficient (Wildman–Crippen LogP) is 2.79. The minimum absolute atomic E-state index is 0.229. The molecule has 0 fully saturated rings. The largest absolute Gasteiger partial charge is 0.444 e. The second kappa shape index (κ2) is 7.50. The number of nitrogens with one attached hydrogen (secondary N) is 2. The van der Waals surface area contributed by atoms with Crippen molar-refractivity contribution in [3.05, 3.63) is 22.4 Å². The van der Waals surface area contributed by atoms with E-state index in [1.807, 2.05) is 27.7 Å². The molecular formula is C14H24N2O2S. The lowest BCUT2D eigenvalue weighted by Crippen LogP contribution is -2.41. The fraction of sp³-hybridized carbons (Fsp3) is 0.643. The van der Waals surface area contributed by atoms with Crippen molar-refractivity contribution in [1.29, 1.82) is 0 Å². The zero-order valence-corrected chi connectivity index (χ0v) is 13.0. The summed E-state index contributed by atoms with van der Waals surface area (Å²) in [6.07, 6.45) is 0.661. The topological polar surface area (TPSA) is 50.4 Å². The van der Waals surface area contributed by atoms with E-state index in [4.69, 9.17) is 4.74 Å². The summed E-state index contributed by atoms with van der Waals surface area (Å²) in [6.45, 7) is 9.10. The van der Waals surface area contributed by atoms with Gasteiger partial charge in [0.2, 0.25) is 0 Å². The van der Waals surface area contributed by atoms with E-state index in [1.54, 1.807) is 11.3 Å². The first kappa shape index (κ1) is 16.0. The maximum atomic E-state index is 11.5. The molecule has 0 aliphatic carbocycles. The molecule has 0 aliphatic heterocycles. The lowest BCUT2D eigenvalue weighted by molar-refractivity contribution is 0.0523. The van der Waals surface area contributed by atoms with Crippen molar-refractivity contribution in [1.82, 2.24) is 10.6 Å². The molecule has 0 bridgehead atoms. The van der Waals surface area contributed by atoms with Gasteiger partial charge in [-0.2, -0.15) is 0 Å². The fourth-order valence-electron chi connectivity index (χ4n) is 1.52. The maximum absolute atomic E-state index is 11.5. The van der Waals surface area contributed by atoms with Gasteiger partial charge in [0.25, 0.3) is 0 Å². The molecule has 5 heteroatoms. The van der Waals surface area contributed by atoms with Gasteiger partial charge < -0.3 is 15.4 Å². The Hall–Kier alpha value is -1.07. The van der Waals surface area contributed by atoms with Crippen LogP contribution in [0.2, 0.25) is 0 Å². The Bertz CT molecular complexity index is 371. The highest BCUT2D eigenvalue weighted by molar-refractivity contribution is 7.09. The van der Waals surface area contributed by atoms with E-state index < -0.39 is 5.60 Å². The molecule has 1 aromatic rings. The van der Waals surface area contributed by atoms with Gasteiger partial charge in [-0.05, 0) is 45.6 Å². The molecule has 0 spiro atoms. The molecule has 19 heavy (non-hydrogen) atoms. The molecule has 0 saturated heterocycles. The standard InChI is InChI=1S/C14H24N2O2S/c1-11(10-16-13(17)18-14(2,3)4)15-8-7-12-6-5-9-19-12/h5-6,9,11,15H,7-8,10H2,1-4H3,(H,16,17). The van der Waals surface area contributed by atoms with Gasteiger partial charge in [-0.1, -0.05) is 6.07 Å². The number of carbonyl (C=O) groups is 1. The number of rotatable bonds is 6. The minimum Gasteiger partial charge on any atom is -0.444 e. The summed E-state index contributed by atoms with van der Waals surface area (Å²) in [4.78, 5) is 12.8. The molecular weight excluding hydrogens is 260 g/mol. The Labute approximate surface area is 119 Å². The molecule has 108 valence electrons. The highest BCUT2D eigenvalue weighted by Gasteiger charge is 2.16. The van der Waals surface area contributed by atoms with Gasteiger partial charge in [-0.3, -0.25) is 0 Å². The van der Waals surface area contributed by atoms with E-state index in [-0.39, 0.29) is 12.1 Å². The van der Waals surface area contributed by atoms with Crippen LogP contribution in [0.15, 0.2) is 17.5 Å². The van der Waals surface area contributed by atoms with Crippen LogP contribution in [0.4, 0.5) is 4.79 Å². The highest BCUT2D eigenvalue weighted by Crippen LogP contribution is 2.08. The van der Waals surface area contributed by atoms with Crippen molar-refractivity contribution in [3.8, 4) is 0 Å². The Morgan fingerprint density at radius 1 is 1.47 bits per heavy atom. The molecule has 1 aromatic heterocycles. The van der Waals surface area contributed by atoms with E-state index in [1.165, 1.54) is 4.88 Å².